The van der Waals surface area contributed by atoms with E-state index in [9.17, 15) is 4.79 Å². The number of rotatable bonds is 3. The van der Waals surface area contributed by atoms with E-state index in [1.54, 1.807) is 6.07 Å². The third-order valence-electron chi connectivity index (χ3n) is 2.61. The lowest BCUT2D eigenvalue weighted by atomic mass is 10.2. The number of pyridine rings is 1. The zero-order chi connectivity index (χ0) is 14.0. The molecule has 0 aliphatic heterocycles. The first-order valence-corrected chi connectivity index (χ1v) is 5.87. The highest BCUT2D eigenvalue weighted by Gasteiger charge is 2.10. The van der Waals surface area contributed by atoms with Crippen LogP contribution in [0.3, 0.4) is 0 Å². The summed E-state index contributed by atoms with van der Waals surface area (Å²) >= 11 is 6.01. The topological polar surface area (TPSA) is 88.2 Å². The standard InChI is InChI=1S/C13H12ClN3O2/c1-7-2-3-8(4-10(7)14)17-12-5-9(13(18)19)11(15)6-16-12/h2-6H,15H2,1H3,(H,16,17)(H,18,19). The van der Waals surface area contributed by atoms with Crippen molar-refractivity contribution >= 4 is 34.8 Å². The summed E-state index contributed by atoms with van der Waals surface area (Å²) in [5.41, 5.74) is 7.36. The van der Waals surface area contributed by atoms with Crippen molar-refractivity contribution in [2.24, 2.45) is 0 Å². The number of hydrogen-bond acceptors (Lipinski definition) is 4. The van der Waals surface area contributed by atoms with Crippen molar-refractivity contribution in [3.63, 3.8) is 0 Å². The van der Waals surface area contributed by atoms with Crippen LogP contribution in [0.15, 0.2) is 30.5 Å². The molecule has 5 nitrogen and oxygen atoms in total. The van der Waals surface area contributed by atoms with Gasteiger partial charge in [0.2, 0.25) is 0 Å². The fourth-order valence-corrected chi connectivity index (χ4v) is 1.72. The van der Waals surface area contributed by atoms with Gasteiger partial charge in [-0.15, -0.1) is 0 Å². The normalized spacial score (nSPS) is 10.2. The summed E-state index contributed by atoms with van der Waals surface area (Å²) in [6.07, 6.45) is 1.31. The number of halogens is 1. The first kappa shape index (κ1) is 13.2. The molecule has 1 aromatic carbocycles. The average Bonchev–Trinajstić information content (AvgIpc) is 2.36. The molecule has 2 rings (SSSR count). The molecule has 0 aliphatic carbocycles. The van der Waals surface area contributed by atoms with Crippen molar-refractivity contribution in [2.75, 3.05) is 11.1 Å². The summed E-state index contributed by atoms with van der Waals surface area (Å²) in [6, 6.07) is 6.82. The predicted molar refractivity (Wildman–Crippen MR) is 75.1 cm³/mol. The van der Waals surface area contributed by atoms with Gasteiger partial charge in [0.05, 0.1) is 17.4 Å². The maximum Gasteiger partial charge on any atom is 0.337 e. The van der Waals surface area contributed by atoms with E-state index in [0.29, 0.717) is 10.8 Å². The van der Waals surface area contributed by atoms with E-state index in [4.69, 9.17) is 22.4 Å². The number of nitrogens with one attached hydrogen (secondary N) is 1. The molecule has 0 spiro atoms. The molecule has 19 heavy (non-hydrogen) atoms. The second kappa shape index (κ2) is 5.16. The fourth-order valence-electron chi connectivity index (χ4n) is 1.54. The Labute approximate surface area is 115 Å². The van der Waals surface area contributed by atoms with Gasteiger partial charge in [-0.25, -0.2) is 9.78 Å². The number of hydrogen-bond donors (Lipinski definition) is 3. The monoisotopic (exact) mass is 277 g/mol. The second-order valence-corrected chi connectivity index (χ2v) is 4.46. The SMILES string of the molecule is Cc1ccc(Nc2cc(C(=O)O)c(N)cn2)cc1Cl. The quantitative estimate of drug-likeness (QED) is 0.802. The highest BCUT2D eigenvalue weighted by atomic mass is 35.5. The van der Waals surface area contributed by atoms with Gasteiger partial charge in [-0.1, -0.05) is 17.7 Å². The van der Waals surface area contributed by atoms with Gasteiger partial charge in [0.25, 0.3) is 0 Å². The number of benzene rings is 1. The number of aromatic carboxylic acids is 1. The molecule has 0 saturated carbocycles. The zero-order valence-corrected chi connectivity index (χ0v) is 10.9. The number of carbonyl (C=O) groups is 1. The Morgan fingerprint density at radius 2 is 2.16 bits per heavy atom. The Balaban J connectivity index is 2.30. The summed E-state index contributed by atoms with van der Waals surface area (Å²) in [5, 5.41) is 12.6. The molecule has 0 aliphatic rings. The maximum absolute atomic E-state index is 11.0. The Morgan fingerprint density at radius 3 is 2.79 bits per heavy atom. The molecular formula is C13H12ClN3O2. The molecule has 0 unspecified atom stereocenters. The molecule has 1 aromatic heterocycles. The van der Waals surface area contributed by atoms with Crippen LogP contribution in [-0.4, -0.2) is 16.1 Å². The van der Waals surface area contributed by atoms with Gasteiger partial charge in [-0.05, 0) is 30.7 Å². The predicted octanol–water partition coefficient (Wildman–Crippen LogP) is 3.07. The van der Waals surface area contributed by atoms with E-state index in [2.05, 4.69) is 10.3 Å². The van der Waals surface area contributed by atoms with Crippen molar-refractivity contribution < 1.29 is 9.90 Å². The van der Waals surface area contributed by atoms with Crippen molar-refractivity contribution in [2.45, 2.75) is 6.92 Å². The minimum atomic E-state index is -1.09. The Hall–Kier alpha value is -2.27. The van der Waals surface area contributed by atoms with Crippen LogP contribution in [0, 0.1) is 6.92 Å². The van der Waals surface area contributed by atoms with Gasteiger partial charge in [0, 0.05) is 10.7 Å². The van der Waals surface area contributed by atoms with E-state index in [1.165, 1.54) is 12.3 Å². The van der Waals surface area contributed by atoms with E-state index in [1.807, 2.05) is 19.1 Å². The highest BCUT2D eigenvalue weighted by Crippen LogP contribution is 2.23. The van der Waals surface area contributed by atoms with E-state index in [-0.39, 0.29) is 11.3 Å². The summed E-state index contributed by atoms with van der Waals surface area (Å²) < 4.78 is 0. The molecular weight excluding hydrogens is 266 g/mol. The third-order valence-corrected chi connectivity index (χ3v) is 3.02. The molecule has 0 fully saturated rings. The Bertz CT molecular complexity index is 644. The summed E-state index contributed by atoms with van der Waals surface area (Å²) in [6.45, 7) is 1.90. The number of nitrogen functional groups attached to an aromatic ring is 1. The minimum Gasteiger partial charge on any atom is -0.478 e. The molecule has 98 valence electrons. The lowest BCUT2D eigenvalue weighted by Crippen LogP contribution is -2.05. The van der Waals surface area contributed by atoms with Gasteiger partial charge in [0.15, 0.2) is 0 Å². The van der Waals surface area contributed by atoms with Gasteiger partial charge >= 0.3 is 5.97 Å². The molecule has 4 N–H and O–H groups in total. The van der Waals surface area contributed by atoms with E-state index < -0.39 is 5.97 Å². The molecule has 0 atom stereocenters. The summed E-state index contributed by atoms with van der Waals surface area (Å²) in [4.78, 5) is 15.0. The van der Waals surface area contributed by atoms with Crippen LogP contribution in [0.5, 0.6) is 0 Å². The van der Waals surface area contributed by atoms with Crippen molar-refractivity contribution in [1.82, 2.24) is 4.98 Å². The number of anilines is 3. The number of nitrogens with two attached hydrogens (primary N) is 1. The molecule has 0 bridgehead atoms. The highest BCUT2D eigenvalue weighted by molar-refractivity contribution is 6.31. The smallest absolute Gasteiger partial charge is 0.337 e. The van der Waals surface area contributed by atoms with Gasteiger partial charge in [-0.2, -0.15) is 0 Å². The van der Waals surface area contributed by atoms with Crippen LogP contribution < -0.4 is 11.1 Å². The molecule has 2 aromatic rings. The van der Waals surface area contributed by atoms with Gasteiger partial charge < -0.3 is 16.2 Å². The first-order valence-electron chi connectivity index (χ1n) is 5.49. The van der Waals surface area contributed by atoms with Crippen molar-refractivity contribution in [1.29, 1.82) is 0 Å². The largest absolute Gasteiger partial charge is 0.478 e. The molecule has 6 heteroatoms. The lowest BCUT2D eigenvalue weighted by molar-refractivity contribution is 0.0698. The molecule has 1 heterocycles. The molecule has 0 saturated heterocycles. The lowest BCUT2D eigenvalue weighted by Gasteiger charge is -2.08. The second-order valence-electron chi connectivity index (χ2n) is 4.05. The van der Waals surface area contributed by atoms with E-state index in [0.717, 1.165) is 11.3 Å². The van der Waals surface area contributed by atoms with E-state index >= 15 is 0 Å². The Kier molecular flexibility index (Phi) is 3.57. The van der Waals surface area contributed by atoms with Crippen LogP contribution >= 0.6 is 11.6 Å². The van der Waals surface area contributed by atoms with Crippen molar-refractivity contribution in [3.8, 4) is 0 Å². The van der Waals surface area contributed by atoms with Gasteiger partial charge in [-0.3, -0.25) is 0 Å². The number of aryl methyl sites for hydroxylation is 1. The van der Waals surface area contributed by atoms with Crippen LogP contribution in [0.25, 0.3) is 0 Å². The van der Waals surface area contributed by atoms with Crippen LogP contribution in [0.1, 0.15) is 15.9 Å². The number of carboxylic acids is 1. The number of carboxylic acid groups (broad SMARTS) is 1. The van der Waals surface area contributed by atoms with Crippen LogP contribution in [-0.2, 0) is 0 Å². The first-order chi connectivity index (χ1) is 8.97. The molecule has 0 radical (unpaired) electrons. The third kappa shape index (κ3) is 2.95. The van der Waals surface area contributed by atoms with Gasteiger partial charge in [0.1, 0.15) is 5.82 Å². The maximum atomic E-state index is 11.0. The average molecular weight is 278 g/mol. The van der Waals surface area contributed by atoms with Crippen molar-refractivity contribution in [3.05, 3.63) is 46.6 Å². The number of nitrogens with zero attached hydrogens (tertiary/aromatic N) is 1. The molecule has 0 amide bonds. The summed E-state index contributed by atoms with van der Waals surface area (Å²) in [7, 11) is 0. The zero-order valence-electron chi connectivity index (χ0n) is 10.1. The number of aromatic nitrogens is 1. The fraction of sp³-hybridized carbons (Fsp3) is 0.0769. The minimum absolute atomic E-state index is 0.00992. The summed E-state index contributed by atoms with van der Waals surface area (Å²) in [5.74, 6) is -0.698. The van der Waals surface area contributed by atoms with Crippen LogP contribution in [0.4, 0.5) is 17.2 Å². The van der Waals surface area contributed by atoms with Crippen LogP contribution in [0.2, 0.25) is 5.02 Å². The Morgan fingerprint density at radius 1 is 1.42 bits per heavy atom.